The lowest BCUT2D eigenvalue weighted by molar-refractivity contribution is -0.147. The Hall–Kier alpha value is -1.86. The number of carbonyl (C=O) groups is 1. The number of aliphatic hydroxyl groups is 1. The summed E-state index contributed by atoms with van der Waals surface area (Å²) >= 11 is 0. The predicted octanol–water partition coefficient (Wildman–Crippen LogP) is 0.357. The molecule has 19 heavy (non-hydrogen) atoms. The topological polar surface area (TPSA) is 89.9 Å². The van der Waals surface area contributed by atoms with Gasteiger partial charge in [-0.15, -0.1) is 0 Å². The van der Waals surface area contributed by atoms with E-state index >= 15 is 0 Å². The monoisotopic (exact) mass is 284 g/mol. The van der Waals surface area contributed by atoms with Crippen LogP contribution in [-0.4, -0.2) is 39.8 Å². The van der Waals surface area contributed by atoms with E-state index in [1.165, 1.54) is 25.3 Å². The summed E-state index contributed by atoms with van der Waals surface area (Å²) in [6.07, 6.45) is -0.613. The Morgan fingerprint density at radius 1 is 1.32 bits per heavy atom. The van der Waals surface area contributed by atoms with E-state index in [-0.39, 0.29) is 4.90 Å². The number of benzene rings is 1. The quantitative estimate of drug-likeness (QED) is 0.806. The molecule has 0 bridgehead atoms. The molecule has 0 aliphatic carbocycles. The van der Waals surface area contributed by atoms with Gasteiger partial charge in [0.25, 0.3) is 0 Å². The normalized spacial score (nSPS) is 17.3. The van der Waals surface area contributed by atoms with Crippen molar-refractivity contribution < 1.29 is 27.8 Å². The molecule has 1 heterocycles. The van der Waals surface area contributed by atoms with E-state index in [9.17, 15) is 18.3 Å². The lowest BCUT2D eigenvalue weighted by Crippen LogP contribution is -2.26. The predicted molar refractivity (Wildman–Crippen MR) is 66.2 cm³/mol. The summed E-state index contributed by atoms with van der Waals surface area (Å²) < 4.78 is 33.9. The first kappa shape index (κ1) is 13.6. The van der Waals surface area contributed by atoms with Gasteiger partial charge in [-0.25, -0.2) is 13.2 Å². The molecule has 1 aliphatic rings. The van der Waals surface area contributed by atoms with Crippen LogP contribution in [0.15, 0.2) is 28.0 Å². The number of ether oxygens (including phenoxy) is 2. The molecule has 1 aromatic rings. The molecule has 0 fully saturated rings. The number of carbonyl (C=O) groups excluding carboxylic acids is 1. The van der Waals surface area contributed by atoms with Crippen molar-refractivity contribution in [3.63, 3.8) is 0 Å². The van der Waals surface area contributed by atoms with Crippen LogP contribution >= 0.6 is 0 Å². The van der Waals surface area contributed by atoms with Crippen LogP contribution in [0.4, 0.5) is 0 Å². The smallest absolute Gasteiger partial charge is 0.340 e. The van der Waals surface area contributed by atoms with Crippen molar-refractivity contribution in [1.82, 2.24) is 0 Å². The van der Waals surface area contributed by atoms with Crippen molar-refractivity contribution in [2.24, 2.45) is 0 Å². The molecule has 0 amide bonds. The number of methoxy groups -OCH3 is 2. The van der Waals surface area contributed by atoms with E-state index in [4.69, 9.17) is 4.74 Å². The van der Waals surface area contributed by atoms with Gasteiger partial charge in [0, 0.05) is 5.56 Å². The second-order valence-electron chi connectivity index (χ2n) is 3.85. The number of sulfone groups is 1. The molecule has 6 nitrogen and oxygen atoms in total. The molecule has 0 saturated carbocycles. The first-order chi connectivity index (χ1) is 8.93. The van der Waals surface area contributed by atoms with E-state index in [0.29, 0.717) is 11.3 Å². The largest absolute Gasteiger partial charge is 0.496 e. The Labute approximate surface area is 110 Å². The summed E-state index contributed by atoms with van der Waals surface area (Å²) in [5.74, 6) is -0.672. The zero-order valence-corrected chi connectivity index (χ0v) is 11.1. The SMILES string of the molecule is COC(=O)C(O)C1=Cc2c(OC)cccc2S1(=O)=O. The maximum absolute atomic E-state index is 12.2. The second kappa shape index (κ2) is 4.67. The van der Waals surface area contributed by atoms with Gasteiger partial charge in [-0.2, -0.15) is 0 Å². The molecule has 1 unspecified atom stereocenters. The molecular weight excluding hydrogens is 272 g/mol. The number of hydrogen-bond acceptors (Lipinski definition) is 6. The van der Waals surface area contributed by atoms with Gasteiger partial charge in [-0.1, -0.05) is 6.07 Å². The van der Waals surface area contributed by atoms with E-state index in [1.54, 1.807) is 6.07 Å². The minimum absolute atomic E-state index is 0.00445. The molecule has 0 aromatic heterocycles. The fourth-order valence-electron chi connectivity index (χ4n) is 1.88. The third-order valence-corrected chi connectivity index (χ3v) is 4.72. The summed E-state index contributed by atoms with van der Waals surface area (Å²) in [4.78, 5) is 10.9. The van der Waals surface area contributed by atoms with Crippen LogP contribution in [0.1, 0.15) is 5.56 Å². The molecule has 1 atom stereocenters. The minimum Gasteiger partial charge on any atom is -0.496 e. The average molecular weight is 284 g/mol. The van der Waals surface area contributed by atoms with Crippen LogP contribution < -0.4 is 4.74 Å². The van der Waals surface area contributed by atoms with Gasteiger partial charge in [0.15, 0.2) is 6.10 Å². The molecule has 1 aromatic carbocycles. The highest BCUT2D eigenvalue weighted by atomic mass is 32.2. The lowest BCUT2D eigenvalue weighted by Gasteiger charge is -2.09. The van der Waals surface area contributed by atoms with E-state index < -0.39 is 26.8 Å². The molecule has 7 heteroatoms. The van der Waals surface area contributed by atoms with Gasteiger partial charge in [0.05, 0.1) is 24.0 Å². The summed E-state index contributed by atoms with van der Waals surface area (Å²) in [5, 5.41) is 9.73. The van der Waals surface area contributed by atoms with Crippen molar-refractivity contribution in [2.75, 3.05) is 14.2 Å². The zero-order valence-electron chi connectivity index (χ0n) is 10.3. The highest BCUT2D eigenvalue weighted by molar-refractivity contribution is 7.96. The van der Waals surface area contributed by atoms with Crippen LogP contribution in [0.2, 0.25) is 0 Å². The minimum atomic E-state index is -3.90. The highest BCUT2D eigenvalue weighted by Crippen LogP contribution is 2.39. The van der Waals surface area contributed by atoms with Gasteiger partial charge in [0.2, 0.25) is 9.84 Å². The van der Waals surface area contributed by atoms with Crippen LogP contribution in [0.25, 0.3) is 6.08 Å². The number of hydrogen-bond donors (Lipinski definition) is 1. The maximum atomic E-state index is 12.2. The van der Waals surface area contributed by atoms with Crippen molar-refractivity contribution in [2.45, 2.75) is 11.0 Å². The third kappa shape index (κ3) is 2.00. The van der Waals surface area contributed by atoms with Gasteiger partial charge in [-0.3, -0.25) is 0 Å². The molecule has 2 rings (SSSR count). The third-order valence-electron chi connectivity index (χ3n) is 2.83. The Balaban J connectivity index is 2.59. The van der Waals surface area contributed by atoms with Crippen molar-refractivity contribution in [1.29, 1.82) is 0 Å². The zero-order chi connectivity index (χ0) is 14.2. The second-order valence-corrected chi connectivity index (χ2v) is 5.77. The van der Waals surface area contributed by atoms with Gasteiger partial charge in [-0.05, 0) is 18.2 Å². The van der Waals surface area contributed by atoms with Crippen molar-refractivity contribution >= 4 is 21.9 Å². The summed E-state index contributed by atoms with van der Waals surface area (Å²) in [6.45, 7) is 0. The van der Waals surface area contributed by atoms with Gasteiger partial charge in [0.1, 0.15) is 5.75 Å². The Morgan fingerprint density at radius 2 is 2.00 bits per heavy atom. The Morgan fingerprint density at radius 3 is 2.58 bits per heavy atom. The van der Waals surface area contributed by atoms with Crippen molar-refractivity contribution in [3.8, 4) is 5.75 Å². The molecule has 0 saturated heterocycles. The van der Waals surface area contributed by atoms with Gasteiger partial charge < -0.3 is 14.6 Å². The first-order valence-electron chi connectivity index (χ1n) is 5.33. The van der Waals surface area contributed by atoms with Crippen LogP contribution in [-0.2, 0) is 19.4 Å². The highest BCUT2D eigenvalue weighted by Gasteiger charge is 2.38. The van der Waals surface area contributed by atoms with Crippen LogP contribution in [0.3, 0.4) is 0 Å². The molecule has 0 radical (unpaired) electrons. The fraction of sp³-hybridized carbons (Fsp3) is 0.250. The van der Waals surface area contributed by atoms with E-state index in [2.05, 4.69) is 4.74 Å². The lowest BCUT2D eigenvalue weighted by atomic mass is 10.1. The number of rotatable bonds is 3. The van der Waals surface area contributed by atoms with Gasteiger partial charge >= 0.3 is 5.97 Å². The fourth-order valence-corrected chi connectivity index (χ4v) is 3.50. The van der Waals surface area contributed by atoms with Crippen molar-refractivity contribution in [3.05, 3.63) is 28.7 Å². The maximum Gasteiger partial charge on any atom is 0.340 e. The Bertz CT molecular complexity index is 659. The van der Waals surface area contributed by atoms with Crippen LogP contribution in [0, 0.1) is 0 Å². The van der Waals surface area contributed by atoms with E-state index in [1.807, 2.05) is 0 Å². The first-order valence-corrected chi connectivity index (χ1v) is 6.81. The average Bonchev–Trinajstić information content (AvgIpc) is 2.68. The van der Waals surface area contributed by atoms with Crippen LogP contribution in [0.5, 0.6) is 5.75 Å². The molecule has 102 valence electrons. The summed E-state index contributed by atoms with van der Waals surface area (Å²) in [7, 11) is -1.42. The molecule has 1 aliphatic heterocycles. The molecule has 1 N–H and O–H groups in total. The molecular formula is C12H12O6S. The number of fused-ring (bicyclic) bond motifs is 1. The number of aliphatic hydroxyl groups excluding tert-OH is 1. The summed E-state index contributed by atoms with van der Waals surface area (Å²) in [6, 6.07) is 4.51. The Kier molecular flexibility index (Phi) is 3.34. The summed E-state index contributed by atoms with van der Waals surface area (Å²) in [5.41, 5.74) is 0.322. The van der Waals surface area contributed by atoms with E-state index in [0.717, 1.165) is 7.11 Å². The molecule has 0 spiro atoms. The number of esters is 1. The standard InChI is InChI=1S/C12H12O6S/c1-17-8-4-3-5-9-7(8)6-10(19(9,15)16)11(13)12(14)18-2/h3-6,11,13H,1-2H3.